The van der Waals surface area contributed by atoms with Gasteiger partial charge in [-0.1, -0.05) is 0 Å². The van der Waals surface area contributed by atoms with E-state index in [9.17, 15) is 0 Å². The summed E-state index contributed by atoms with van der Waals surface area (Å²) in [5.74, 6) is 0. The molecule has 0 radical (unpaired) electrons. The van der Waals surface area contributed by atoms with E-state index >= 15 is 0 Å². The van der Waals surface area contributed by atoms with E-state index in [1.165, 1.54) is 11.6 Å². The molecule has 1 aromatic carbocycles. The van der Waals surface area contributed by atoms with E-state index in [0.29, 0.717) is 6.16 Å². The topological polar surface area (TPSA) is 0 Å². The van der Waals surface area contributed by atoms with Gasteiger partial charge in [-0.25, -0.2) is 0 Å². The van der Waals surface area contributed by atoms with Crippen LogP contribution in [-0.4, -0.2) is 6.16 Å². The third kappa shape index (κ3) is 2.59. The molecule has 0 aromatic heterocycles. The van der Waals surface area contributed by atoms with Crippen molar-refractivity contribution in [1.29, 1.82) is 0 Å². The fourth-order valence-corrected chi connectivity index (χ4v) is 2.98. The summed E-state index contributed by atoms with van der Waals surface area (Å²) >= 11 is 1.72. The van der Waals surface area contributed by atoms with Gasteiger partial charge in [0.15, 0.2) is 0 Å². The second-order valence-corrected chi connectivity index (χ2v) is 5.72. The number of benzene rings is 1. The maximum absolute atomic E-state index is 2.21. The summed E-state index contributed by atoms with van der Waals surface area (Å²) in [6.45, 7) is 0. The molecule has 0 fully saturated rings. The molecule has 0 amide bonds. The molecule has 0 aliphatic rings. The van der Waals surface area contributed by atoms with Crippen molar-refractivity contribution >= 4 is 6.16 Å². The number of hydrogen-bond donors (Lipinski definition) is 0. The van der Waals surface area contributed by atoms with Crippen LogP contribution in [0.15, 0.2) is 30.3 Å². The van der Waals surface area contributed by atoms with Crippen molar-refractivity contribution in [3.8, 4) is 0 Å². The van der Waals surface area contributed by atoms with E-state index < -0.39 is 0 Å². The van der Waals surface area contributed by atoms with Gasteiger partial charge in [-0.15, -0.1) is 0 Å². The predicted octanol–water partition coefficient (Wildman–Crippen LogP) is 1.08. The fraction of sp³-hybridized carbons (Fsp3) is 0.143. The second kappa shape index (κ2) is 4.19. The molecule has 0 saturated carbocycles. The van der Waals surface area contributed by atoms with E-state index in [1.54, 1.807) is 23.3 Å². The van der Waals surface area contributed by atoms with Crippen molar-refractivity contribution < 1.29 is 23.3 Å². The minimum atomic E-state index is 0.715. The van der Waals surface area contributed by atoms with Crippen LogP contribution in [-0.2, 0) is 29.4 Å². The summed E-state index contributed by atoms with van der Waals surface area (Å²) in [6.07, 6.45) is 0.715. The summed E-state index contributed by atoms with van der Waals surface area (Å²) < 4.78 is 0. The Hall–Kier alpha value is 0.320. The molecule has 0 spiro atoms. The van der Waals surface area contributed by atoms with Gasteiger partial charge in [-0.3, -0.25) is 0 Å². The average molecular weight is 211 g/mol. The van der Waals surface area contributed by atoms with Crippen LogP contribution in [0.4, 0.5) is 0 Å². The van der Waals surface area contributed by atoms with E-state index in [0.717, 1.165) is 0 Å². The normalized spacial score (nSPS) is 8.78. The first kappa shape index (κ1) is 7.43. The average Bonchev–Trinajstić information content (AvgIpc) is 1.91. The van der Waals surface area contributed by atoms with E-state index in [1.807, 2.05) is 0 Å². The summed E-state index contributed by atoms with van der Waals surface area (Å²) in [7, 11) is 0. The Labute approximate surface area is 71.3 Å². The van der Waals surface area contributed by atoms with Gasteiger partial charge in [0, 0.05) is 0 Å². The maximum atomic E-state index is 2.21. The number of rotatable bonds is 2. The first-order valence-electron chi connectivity index (χ1n) is 2.96. The van der Waals surface area contributed by atoms with Gasteiger partial charge < -0.3 is 0 Å². The molecule has 0 N–H and O–H groups in total. The van der Waals surface area contributed by atoms with Gasteiger partial charge in [0.05, 0.1) is 0 Å². The SMILES string of the molecule is [Zr]=[SiH]Cc1ccccc1. The van der Waals surface area contributed by atoms with Gasteiger partial charge in [-0.2, -0.15) is 0 Å². The van der Waals surface area contributed by atoms with E-state index in [-0.39, 0.29) is 0 Å². The molecule has 0 bridgehead atoms. The Kier molecular flexibility index (Phi) is 3.45. The molecule has 44 valence electrons. The van der Waals surface area contributed by atoms with Crippen LogP contribution in [0.5, 0.6) is 0 Å². The van der Waals surface area contributed by atoms with Gasteiger partial charge in [0.2, 0.25) is 0 Å². The zero-order valence-electron chi connectivity index (χ0n) is 5.17. The fourth-order valence-electron chi connectivity index (χ4n) is 0.732. The van der Waals surface area contributed by atoms with Gasteiger partial charge >= 0.3 is 71.4 Å². The van der Waals surface area contributed by atoms with Crippen molar-refractivity contribution in [2.45, 2.75) is 6.04 Å². The van der Waals surface area contributed by atoms with Crippen molar-refractivity contribution in [2.24, 2.45) is 0 Å². The summed E-state index contributed by atoms with van der Waals surface area (Å²) in [5.41, 5.74) is 1.50. The van der Waals surface area contributed by atoms with Crippen LogP contribution in [0, 0.1) is 0 Å². The third-order valence-corrected chi connectivity index (χ3v) is 3.36. The molecule has 1 rings (SSSR count). The quantitative estimate of drug-likeness (QED) is 0.643. The molecule has 0 unspecified atom stereocenters. The van der Waals surface area contributed by atoms with Crippen molar-refractivity contribution in [2.75, 3.05) is 0 Å². The van der Waals surface area contributed by atoms with Crippen LogP contribution in [0.3, 0.4) is 0 Å². The molecule has 1 aromatic rings. The zero-order valence-corrected chi connectivity index (χ0v) is 8.78. The molecule has 0 aliphatic carbocycles. The Bertz CT molecular complexity index is 183. The van der Waals surface area contributed by atoms with E-state index in [2.05, 4.69) is 30.3 Å². The predicted molar refractivity (Wildman–Crippen MR) is 37.3 cm³/mol. The Balaban J connectivity index is 2.72. The van der Waals surface area contributed by atoms with Crippen LogP contribution in [0.1, 0.15) is 5.56 Å². The molecule has 0 saturated heterocycles. The van der Waals surface area contributed by atoms with Crippen LogP contribution in [0.25, 0.3) is 0 Å². The monoisotopic (exact) mass is 210 g/mol. The van der Waals surface area contributed by atoms with Crippen molar-refractivity contribution in [1.82, 2.24) is 0 Å². The molecule has 0 heterocycles. The molecular weight excluding hydrogens is 203 g/mol. The van der Waals surface area contributed by atoms with Crippen LogP contribution in [0.2, 0.25) is 0 Å². The van der Waals surface area contributed by atoms with Crippen molar-refractivity contribution in [3.63, 3.8) is 0 Å². The van der Waals surface area contributed by atoms with Gasteiger partial charge in [0.1, 0.15) is 0 Å². The Morgan fingerprint density at radius 2 is 1.89 bits per heavy atom. The summed E-state index contributed by atoms with van der Waals surface area (Å²) in [5, 5.41) is 0. The molecule has 0 nitrogen and oxygen atoms in total. The van der Waals surface area contributed by atoms with E-state index in [4.69, 9.17) is 0 Å². The van der Waals surface area contributed by atoms with Crippen molar-refractivity contribution in [3.05, 3.63) is 35.9 Å². The molecule has 0 atom stereocenters. The third-order valence-electron chi connectivity index (χ3n) is 1.18. The number of hydrogen-bond acceptors (Lipinski definition) is 0. The standard InChI is InChI=1S/C7H8Si.Zr/c8-6-7-4-2-1-3-5-7;/h1-5,8H,6H2;. The summed E-state index contributed by atoms with van der Waals surface area (Å²) in [6, 6.07) is 12.0. The molecule has 0 aliphatic heterocycles. The molecule has 2 heteroatoms. The first-order valence-corrected chi connectivity index (χ1v) is 8.61. The Morgan fingerprint density at radius 1 is 1.22 bits per heavy atom. The minimum absolute atomic E-state index is 0.715. The molecule has 9 heavy (non-hydrogen) atoms. The molecular formula is C7H8SiZr. The van der Waals surface area contributed by atoms with Crippen LogP contribution >= 0.6 is 0 Å². The first-order chi connectivity index (χ1) is 4.43. The summed E-state index contributed by atoms with van der Waals surface area (Å²) in [4.78, 5) is 0. The van der Waals surface area contributed by atoms with Gasteiger partial charge in [0.25, 0.3) is 0 Å². The zero-order chi connectivity index (χ0) is 6.53. The second-order valence-electron chi connectivity index (χ2n) is 1.89. The Morgan fingerprint density at radius 3 is 2.44 bits per heavy atom. The van der Waals surface area contributed by atoms with Crippen LogP contribution < -0.4 is 0 Å². The van der Waals surface area contributed by atoms with Gasteiger partial charge in [-0.05, 0) is 0 Å².